The summed E-state index contributed by atoms with van der Waals surface area (Å²) >= 11 is 0. The second-order valence-electron chi connectivity index (χ2n) is 4.43. The Morgan fingerprint density at radius 3 is 2.33 bits per heavy atom. The van der Waals surface area contributed by atoms with Crippen LogP contribution in [0.3, 0.4) is 0 Å². The van der Waals surface area contributed by atoms with Gasteiger partial charge in [0.1, 0.15) is 0 Å². The summed E-state index contributed by atoms with van der Waals surface area (Å²) in [5, 5.41) is 5.97. The van der Waals surface area contributed by atoms with Crippen molar-refractivity contribution in [3.05, 3.63) is 41.2 Å². The molecule has 0 saturated carbocycles. The van der Waals surface area contributed by atoms with Crippen molar-refractivity contribution in [2.75, 3.05) is 26.6 Å². The highest BCUT2D eigenvalue weighted by molar-refractivity contribution is 6.07. The number of carbonyl (C=O) groups is 3. The van der Waals surface area contributed by atoms with Crippen LogP contribution in [0.2, 0.25) is 0 Å². The number of nitrogens with one attached hydrogen (secondary N) is 1. The lowest BCUT2D eigenvalue weighted by molar-refractivity contribution is 0.0587. The zero-order chi connectivity index (χ0) is 17.7. The summed E-state index contributed by atoms with van der Waals surface area (Å²) in [6.45, 7) is 0. The van der Waals surface area contributed by atoms with Crippen molar-refractivity contribution in [3.63, 3.8) is 0 Å². The molecule has 0 fully saturated rings. The molecule has 0 unspecified atom stereocenters. The van der Waals surface area contributed by atoms with E-state index in [0.29, 0.717) is 0 Å². The highest BCUT2D eigenvalue weighted by Gasteiger charge is 2.20. The molecule has 1 amide bonds. The third-order valence-electron chi connectivity index (χ3n) is 3.02. The second-order valence-corrected chi connectivity index (χ2v) is 4.43. The molecule has 1 heterocycles. The quantitative estimate of drug-likeness (QED) is 0.818. The largest absolute Gasteiger partial charge is 0.479 e. The Bertz CT molecular complexity index is 782. The first-order chi connectivity index (χ1) is 11.5. The minimum atomic E-state index is -0.683. The lowest BCUT2D eigenvalue weighted by Crippen LogP contribution is -2.16. The van der Waals surface area contributed by atoms with E-state index in [1.165, 1.54) is 45.6 Å². The van der Waals surface area contributed by atoms with Crippen LogP contribution in [0, 0.1) is 0 Å². The van der Waals surface area contributed by atoms with Gasteiger partial charge < -0.3 is 24.1 Å². The maximum absolute atomic E-state index is 12.2. The number of carbonyl (C=O) groups excluding carboxylic acids is 3. The van der Waals surface area contributed by atoms with Gasteiger partial charge in [0.2, 0.25) is 5.76 Å². The van der Waals surface area contributed by atoms with E-state index in [2.05, 4.69) is 19.9 Å². The Labute approximate surface area is 136 Å². The number of rotatable bonds is 5. The van der Waals surface area contributed by atoms with Crippen molar-refractivity contribution in [1.82, 2.24) is 5.16 Å². The van der Waals surface area contributed by atoms with Crippen molar-refractivity contribution in [2.45, 2.75) is 0 Å². The molecule has 0 bridgehead atoms. The molecular weight excluding hydrogens is 320 g/mol. The van der Waals surface area contributed by atoms with Crippen LogP contribution in [-0.2, 0) is 9.47 Å². The van der Waals surface area contributed by atoms with Gasteiger partial charge in [-0.3, -0.25) is 4.79 Å². The minimum absolute atomic E-state index is 0.0602. The lowest BCUT2D eigenvalue weighted by Gasteiger charge is -2.10. The summed E-state index contributed by atoms with van der Waals surface area (Å²) in [5.74, 6) is -2.00. The summed E-state index contributed by atoms with van der Waals surface area (Å²) < 4.78 is 18.9. The van der Waals surface area contributed by atoms with Crippen LogP contribution in [0.1, 0.15) is 31.3 Å². The number of hydrogen-bond acceptors (Lipinski definition) is 8. The van der Waals surface area contributed by atoms with Gasteiger partial charge in [-0.2, -0.15) is 0 Å². The molecule has 2 aromatic rings. The molecule has 0 aliphatic carbocycles. The SMILES string of the molecule is COC(=O)c1ccc(C(=O)OC)c(NC(=O)c2cc(OC)no2)c1. The van der Waals surface area contributed by atoms with Crippen LogP contribution in [0.4, 0.5) is 5.69 Å². The fourth-order valence-electron chi connectivity index (χ4n) is 1.83. The van der Waals surface area contributed by atoms with Gasteiger partial charge in [-0.1, -0.05) is 0 Å². The van der Waals surface area contributed by atoms with Crippen LogP contribution >= 0.6 is 0 Å². The zero-order valence-electron chi connectivity index (χ0n) is 13.1. The smallest absolute Gasteiger partial charge is 0.339 e. The molecule has 0 aliphatic heterocycles. The van der Waals surface area contributed by atoms with Crippen molar-refractivity contribution < 1.29 is 33.1 Å². The van der Waals surface area contributed by atoms with E-state index in [1.54, 1.807) is 0 Å². The third-order valence-corrected chi connectivity index (χ3v) is 3.02. The summed E-state index contributed by atoms with van der Waals surface area (Å²) in [4.78, 5) is 35.6. The third kappa shape index (κ3) is 3.51. The number of esters is 2. The topological polar surface area (TPSA) is 117 Å². The maximum Gasteiger partial charge on any atom is 0.339 e. The average molecular weight is 334 g/mol. The van der Waals surface area contributed by atoms with Gasteiger partial charge in [0.25, 0.3) is 11.8 Å². The van der Waals surface area contributed by atoms with Crippen molar-refractivity contribution >= 4 is 23.5 Å². The van der Waals surface area contributed by atoms with Gasteiger partial charge in [-0.15, -0.1) is 0 Å². The number of benzene rings is 1. The van der Waals surface area contributed by atoms with Crippen molar-refractivity contribution in [3.8, 4) is 5.88 Å². The first-order valence-electron chi connectivity index (χ1n) is 6.63. The van der Waals surface area contributed by atoms with Gasteiger partial charge in [0.05, 0.1) is 44.2 Å². The summed E-state index contributed by atoms with van der Waals surface area (Å²) in [6, 6.07) is 5.29. The molecule has 0 atom stereocenters. The Balaban J connectivity index is 2.36. The Hall–Kier alpha value is -3.36. The fraction of sp³-hybridized carbons (Fsp3) is 0.200. The number of anilines is 1. The highest BCUT2D eigenvalue weighted by atomic mass is 16.5. The average Bonchev–Trinajstić information content (AvgIpc) is 3.09. The molecule has 0 aliphatic rings. The minimum Gasteiger partial charge on any atom is -0.479 e. The highest BCUT2D eigenvalue weighted by Crippen LogP contribution is 2.21. The first kappa shape index (κ1) is 17.0. The van der Waals surface area contributed by atoms with E-state index < -0.39 is 17.8 Å². The predicted octanol–water partition coefficient (Wildman–Crippen LogP) is 1.51. The van der Waals surface area contributed by atoms with Gasteiger partial charge in [0, 0.05) is 0 Å². The van der Waals surface area contributed by atoms with E-state index in [4.69, 9.17) is 9.26 Å². The molecule has 0 spiro atoms. The fourth-order valence-corrected chi connectivity index (χ4v) is 1.83. The van der Waals surface area contributed by atoms with Crippen molar-refractivity contribution in [2.24, 2.45) is 0 Å². The molecule has 0 radical (unpaired) electrons. The van der Waals surface area contributed by atoms with Crippen LogP contribution in [-0.4, -0.2) is 44.3 Å². The number of nitrogens with zero attached hydrogens (tertiary/aromatic N) is 1. The van der Waals surface area contributed by atoms with Crippen molar-refractivity contribution in [1.29, 1.82) is 0 Å². The van der Waals surface area contributed by atoms with E-state index in [1.807, 2.05) is 0 Å². The molecule has 126 valence electrons. The van der Waals surface area contributed by atoms with Crippen LogP contribution in [0.5, 0.6) is 5.88 Å². The first-order valence-corrected chi connectivity index (χ1v) is 6.63. The van der Waals surface area contributed by atoms with E-state index in [9.17, 15) is 14.4 Å². The van der Waals surface area contributed by atoms with E-state index in [0.717, 1.165) is 0 Å². The Morgan fingerprint density at radius 1 is 1.04 bits per heavy atom. The monoisotopic (exact) mass is 334 g/mol. The van der Waals surface area contributed by atoms with Gasteiger partial charge in [0.15, 0.2) is 0 Å². The van der Waals surface area contributed by atoms with E-state index in [-0.39, 0.29) is 28.5 Å². The molecule has 1 aromatic heterocycles. The van der Waals surface area contributed by atoms with Gasteiger partial charge in [-0.05, 0) is 23.4 Å². The predicted molar refractivity (Wildman–Crippen MR) is 80.1 cm³/mol. The summed E-state index contributed by atoms with van der Waals surface area (Å²) in [5.41, 5.74) is 0.269. The molecule has 0 saturated heterocycles. The molecule has 1 aromatic carbocycles. The van der Waals surface area contributed by atoms with Crippen LogP contribution in [0.25, 0.3) is 0 Å². The van der Waals surface area contributed by atoms with Crippen LogP contribution < -0.4 is 10.1 Å². The number of aromatic nitrogens is 1. The maximum atomic E-state index is 12.2. The zero-order valence-corrected chi connectivity index (χ0v) is 13.1. The van der Waals surface area contributed by atoms with Crippen LogP contribution in [0.15, 0.2) is 28.8 Å². The molecule has 9 heteroatoms. The summed E-state index contributed by atoms with van der Waals surface area (Å²) in [6.07, 6.45) is 0. The van der Waals surface area contributed by atoms with E-state index >= 15 is 0 Å². The second kappa shape index (κ2) is 7.27. The summed E-state index contributed by atoms with van der Waals surface area (Å²) in [7, 11) is 3.79. The molecule has 2 rings (SSSR count). The molecule has 9 nitrogen and oxygen atoms in total. The van der Waals surface area contributed by atoms with Gasteiger partial charge in [-0.25, -0.2) is 9.59 Å². The number of ether oxygens (including phenoxy) is 3. The molecule has 24 heavy (non-hydrogen) atoms. The molecular formula is C15H14N2O7. The Kier molecular flexibility index (Phi) is 5.15. The standard InChI is InChI=1S/C15H14N2O7/c1-21-12-7-11(24-17-12)13(18)16-10-6-8(14(19)22-2)4-5-9(10)15(20)23-3/h4-7H,1-3H3,(H,16,18). The number of amides is 1. The van der Waals surface area contributed by atoms with Gasteiger partial charge >= 0.3 is 11.9 Å². The Morgan fingerprint density at radius 2 is 1.75 bits per heavy atom. The molecule has 1 N–H and O–H groups in total. The normalized spacial score (nSPS) is 9.96. The lowest BCUT2D eigenvalue weighted by atomic mass is 10.1. The number of hydrogen-bond donors (Lipinski definition) is 1. The number of methoxy groups -OCH3 is 3.